The molecule has 1 aromatic carbocycles. The van der Waals surface area contributed by atoms with Gasteiger partial charge in [-0.3, -0.25) is 9.59 Å². The van der Waals surface area contributed by atoms with Crippen LogP contribution in [0.4, 0.5) is 5.69 Å². The second kappa shape index (κ2) is 7.23. The molecule has 164 valence electrons. The molecule has 2 heterocycles. The summed E-state index contributed by atoms with van der Waals surface area (Å²) >= 11 is 0. The molecule has 2 aliphatic carbocycles. The number of aromatic nitrogens is 1. The quantitative estimate of drug-likeness (QED) is 0.775. The van der Waals surface area contributed by atoms with E-state index in [1.165, 1.54) is 24.1 Å². The molecule has 0 bridgehead atoms. The van der Waals surface area contributed by atoms with Gasteiger partial charge in [-0.1, -0.05) is 13.8 Å². The van der Waals surface area contributed by atoms with Crippen molar-refractivity contribution in [2.45, 2.75) is 52.5 Å². The Morgan fingerprint density at radius 2 is 2.00 bits per heavy atom. The summed E-state index contributed by atoms with van der Waals surface area (Å²) in [6, 6.07) is 5.85. The van der Waals surface area contributed by atoms with E-state index in [0.717, 1.165) is 55.1 Å². The normalized spacial score (nSPS) is 20.3. The van der Waals surface area contributed by atoms with E-state index >= 15 is 0 Å². The van der Waals surface area contributed by atoms with Crippen molar-refractivity contribution in [1.82, 2.24) is 9.47 Å². The van der Waals surface area contributed by atoms with Gasteiger partial charge in [0.05, 0.1) is 5.56 Å². The number of nitrogens with zero attached hydrogens (tertiary/aromatic N) is 2. The van der Waals surface area contributed by atoms with Crippen LogP contribution in [-0.2, 0) is 19.4 Å². The van der Waals surface area contributed by atoms with Crippen LogP contribution in [0.25, 0.3) is 5.69 Å². The number of Topliss-reactive ketones (excluding diaryl/α,β-unsaturated/α-hetero) is 1. The van der Waals surface area contributed by atoms with Gasteiger partial charge < -0.3 is 20.5 Å². The standard InChI is InChI=1S/C25H32N4O2/c1-25(2)11-20-23(22(30)12-25)18-8-9-28(3)14-21(18)29(20)16-6-7-17(24(26)31)19(10-16)27-13-15-4-5-15/h6-7,10,15,27H,4-5,8-9,11-14H2,1-3H3,(H2,26,31). The van der Waals surface area contributed by atoms with Crippen LogP contribution in [0, 0.1) is 11.3 Å². The molecule has 31 heavy (non-hydrogen) atoms. The molecule has 6 heteroatoms. The molecule has 1 amide bonds. The number of nitrogens with two attached hydrogens (primary N) is 1. The SMILES string of the molecule is CN1CCc2c3c(n(-c4ccc(C(N)=O)c(NCC5CC5)c4)c2C1)CC(C)(C)CC3=O. The molecule has 3 aliphatic rings. The van der Waals surface area contributed by atoms with Gasteiger partial charge in [0.25, 0.3) is 5.91 Å². The first-order chi connectivity index (χ1) is 14.7. The Hall–Kier alpha value is -2.60. The van der Waals surface area contributed by atoms with Gasteiger partial charge in [0.15, 0.2) is 5.78 Å². The summed E-state index contributed by atoms with van der Waals surface area (Å²) in [6.45, 7) is 7.00. The number of benzene rings is 1. The molecule has 0 unspecified atom stereocenters. The maximum Gasteiger partial charge on any atom is 0.250 e. The molecule has 1 fully saturated rings. The van der Waals surface area contributed by atoms with Crippen molar-refractivity contribution in [2.75, 3.05) is 25.5 Å². The molecule has 0 saturated heterocycles. The summed E-state index contributed by atoms with van der Waals surface area (Å²) in [6.07, 6.45) is 4.84. The Kier molecular flexibility index (Phi) is 4.74. The van der Waals surface area contributed by atoms with Crippen LogP contribution in [0.2, 0.25) is 0 Å². The lowest BCUT2D eigenvalue weighted by atomic mass is 9.75. The van der Waals surface area contributed by atoms with Crippen LogP contribution in [0.1, 0.15) is 70.8 Å². The lowest BCUT2D eigenvalue weighted by Crippen LogP contribution is -2.29. The van der Waals surface area contributed by atoms with Gasteiger partial charge in [-0.2, -0.15) is 0 Å². The van der Waals surface area contributed by atoms with Crippen LogP contribution >= 0.6 is 0 Å². The van der Waals surface area contributed by atoms with E-state index in [-0.39, 0.29) is 11.2 Å². The van der Waals surface area contributed by atoms with Crippen LogP contribution in [0.5, 0.6) is 0 Å². The Morgan fingerprint density at radius 3 is 2.71 bits per heavy atom. The van der Waals surface area contributed by atoms with E-state index in [0.29, 0.717) is 17.9 Å². The first kappa shape index (κ1) is 20.3. The molecule has 5 rings (SSSR count). The van der Waals surface area contributed by atoms with E-state index in [2.05, 4.69) is 35.7 Å². The van der Waals surface area contributed by atoms with Crippen molar-refractivity contribution < 1.29 is 9.59 Å². The summed E-state index contributed by atoms with van der Waals surface area (Å²) < 4.78 is 2.30. The molecular weight excluding hydrogens is 388 g/mol. The maximum absolute atomic E-state index is 13.2. The highest BCUT2D eigenvalue weighted by Gasteiger charge is 2.38. The fourth-order valence-electron chi connectivity index (χ4n) is 5.26. The zero-order valence-corrected chi connectivity index (χ0v) is 18.8. The van der Waals surface area contributed by atoms with Crippen LogP contribution in [-0.4, -0.2) is 41.3 Å². The number of likely N-dealkylation sites (N-methyl/N-ethyl adjacent to an activating group) is 1. The average molecular weight is 421 g/mol. The average Bonchev–Trinajstić information content (AvgIpc) is 3.46. The molecule has 0 atom stereocenters. The van der Waals surface area contributed by atoms with Crippen LogP contribution in [0.3, 0.4) is 0 Å². The number of carbonyl (C=O) groups is 2. The number of primary amides is 1. The molecule has 6 nitrogen and oxygen atoms in total. The van der Waals surface area contributed by atoms with E-state index < -0.39 is 5.91 Å². The number of ketones is 1. The van der Waals surface area contributed by atoms with Crippen molar-refractivity contribution in [2.24, 2.45) is 17.1 Å². The minimum absolute atomic E-state index is 0.0606. The molecular formula is C25H32N4O2. The highest BCUT2D eigenvalue weighted by molar-refractivity contribution is 6.01. The minimum Gasteiger partial charge on any atom is -0.384 e. The molecule has 1 saturated carbocycles. The van der Waals surface area contributed by atoms with Gasteiger partial charge in [0.1, 0.15) is 0 Å². The predicted molar refractivity (Wildman–Crippen MR) is 122 cm³/mol. The largest absolute Gasteiger partial charge is 0.384 e. The monoisotopic (exact) mass is 420 g/mol. The molecule has 1 aromatic heterocycles. The second-order valence-corrected chi connectivity index (χ2v) is 10.4. The fourth-order valence-corrected chi connectivity index (χ4v) is 5.26. The van der Waals surface area contributed by atoms with Gasteiger partial charge in [-0.25, -0.2) is 0 Å². The van der Waals surface area contributed by atoms with Gasteiger partial charge in [0.2, 0.25) is 0 Å². The summed E-state index contributed by atoms with van der Waals surface area (Å²) in [4.78, 5) is 27.5. The van der Waals surface area contributed by atoms with Crippen molar-refractivity contribution >= 4 is 17.4 Å². The summed E-state index contributed by atoms with van der Waals surface area (Å²) in [5, 5.41) is 3.46. The smallest absolute Gasteiger partial charge is 0.250 e. The zero-order chi connectivity index (χ0) is 21.9. The highest BCUT2D eigenvalue weighted by atomic mass is 16.1. The maximum atomic E-state index is 13.2. The van der Waals surface area contributed by atoms with E-state index in [1.807, 2.05) is 18.2 Å². The van der Waals surface area contributed by atoms with Crippen LogP contribution < -0.4 is 11.1 Å². The fraction of sp³-hybridized carbons (Fsp3) is 0.520. The van der Waals surface area contributed by atoms with Gasteiger partial charge in [0, 0.05) is 54.4 Å². The number of anilines is 1. The van der Waals surface area contributed by atoms with Crippen molar-refractivity contribution in [3.63, 3.8) is 0 Å². The first-order valence-electron chi connectivity index (χ1n) is 11.4. The number of amides is 1. The van der Waals surface area contributed by atoms with Gasteiger partial charge in [-0.05, 0) is 67.8 Å². The summed E-state index contributed by atoms with van der Waals surface area (Å²) in [7, 11) is 2.13. The summed E-state index contributed by atoms with van der Waals surface area (Å²) in [5.74, 6) is 0.535. The molecule has 0 spiro atoms. The third-order valence-electron chi connectivity index (χ3n) is 7.01. The third kappa shape index (κ3) is 3.67. The lowest BCUT2D eigenvalue weighted by molar-refractivity contribution is 0.0909. The molecule has 1 aliphatic heterocycles. The number of fused-ring (bicyclic) bond motifs is 3. The Morgan fingerprint density at radius 1 is 1.23 bits per heavy atom. The third-order valence-corrected chi connectivity index (χ3v) is 7.01. The number of carbonyl (C=O) groups excluding carboxylic acids is 2. The summed E-state index contributed by atoms with van der Waals surface area (Å²) in [5.41, 5.74) is 12.4. The van der Waals surface area contributed by atoms with E-state index in [4.69, 9.17) is 5.73 Å². The Bertz CT molecular complexity index is 1080. The van der Waals surface area contributed by atoms with Crippen molar-refractivity contribution in [3.8, 4) is 5.69 Å². The van der Waals surface area contributed by atoms with Gasteiger partial charge >= 0.3 is 0 Å². The number of hydrogen-bond acceptors (Lipinski definition) is 4. The molecule has 3 N–H and O–H groups in total. The highest BCUT2D eigenvalue weighted by Crippen LogP contribution is 2.42. The lowest BCUT2D eigenvalue weighted by Gasteiger charge is -2.30. The number of hydrogen-bond donors (Lipinski definition) is 2. The number of rotatable bonds is 5. The predicted octanol–water partition coefficient (Wildman–Crippen LogP) is 3.54. The van der Waals surface area contributed by atoms with Gasteiger partial charge in [-0.15, -0.1) is 0 Å². The number of nitrogens with one attached hydrogen (secondary N) is 1. The zero-order valence-electron chi connectivity index (χ0n) is 18.8. The second-order valence-electron chi connectivity index (χ2n) is 10.4. The van der Waals surface area contributed by atoms with Crippen LogP contribution in [0.15, 0.2) is 18.2 Å². The van der Waals surface area contributed by atoms with E-state index in [9.17, 15) is 9.59 Å². The van der Waals surface area contributed by atoms with Crippen molar-refractivity contribution in [3.05, 3.63) is 46.3 Å². The molecule has 0 radical (unpaired) electrons. The molecule has 2 aromatic rings. The van der Waals surface area contributed by atoms with E-state index in [1.54, 1.807) is 0 Å². The van der Waals surface area contributed by atoms with Crippen molar-refractivity contribution in [1.29, 1.82) is 0 Å². The Balaban J connectivity index is 1.67. The first-order valence-corrected chi connectivity index (χ1v) is 11.4. The Labute approximate surface area is 183 Å². The minimum atomic E-state index is -0.419. The topological polar surface area (TPSA) is 80.4 Å².